The molecule has 0 radical (unpaired) electrons. The van der Waals surface area contributed by atoms with Crippen molar-refractivity contribution < 1.29 is 9.53 Å². The van der Waals surface area contributed by atoms with Gasteiger partial charge >= 0.3 is 5.97 Å². The van der Waals surface area contributed by atoms with Crippen molar-refractivity contribution in [3.8, 4) is 12.1 Å². The van der Waals surface area contributed by atoms with E-state index >= 15 is 0 Å². The van der Waals surface area contributed by atoms with E-state index < -0.39 is 0 Å². The molecule has 1 aromatic carbocycles. The van der Waals surface area contributed by atoms with Crippen molar-refractivity contribution in [3.63, 3.8) is 0 Å². The van der Waals surface area contributed by atoms with Crippen molar-refractivity contribution in [1.82, 2.24) is 0 Å². The van der Waals surface area contributed by atoms with E-state index in [2.05, 4.69) is 5.32 Å². The Balaban J connectivity index is 2.67. The van der Waals surface area contributed by atoms with Gasteiger partial charge in [-0.25, -0.2) is 0 Å². The van der Waals surface area contributed by atoms with Crippen molar-refractivity contribution in [2.75, 3.05) is 18.5 Å². The van der Waals surface area contributed by atoms with Gasteiger partial charge in [0.2, 0.25) is 0 Å². The minimum absolute atomic E-state index is 0.260. The molecule has 5 heteroatoms. The van der Waals surface area contributed by atoms with E-state index in [0.717, 1.165) is 0 Å². The monoisotopic (exact) mass is 257 g/mol. The first-order valence-corrected chi connectivity index (χ1v) is 5.97. The molecule has 19 heavy (non-hydrogen) atoms. The summed E-state index contributed by atoms with van der Waals surface area (Å²) in [5.74, 6) is -0.537. The van der Waals surface area contributed by atoms with Crippen LogP contribution in [0.5, 0.6) is 0 Å². The fourth-order valence-electron chi connectivity index (χ4n) is 1.48. The van der Waals surface area contributed by atoms with Gasteiger partial charge in [-0.2, -0.15) is 10.5 Å². The molecule has 5 nitrogen and oxygen atoms in total. The average molecular weight is 257 g/mol. The van der Waals surface area contributed by atoms with Crippen LogP contribution in [0.15, 0.2) is 18.2 Å². The smallest absolute Gasteiger partial charge is 0.310 e. The maximum atomic E-state index is 11.4. The lowest BCUT2D eigenvalue weighted by Gasteiger charge is -2.12. The molecule has 1 rings (SSSR count). The lowest BCUT2D eigenvalue weighted by Crippen LogP contribution is -2.22. The molecule has 0 aliphatic rings. The third-order valence-corrected chi connectivity index (χ3v) is 2.56. The second-order valence-electron chi connectivity index (χ2n) is 4.02. The molecule has 0 aromatic heterocycles. The predicted octanol–water partition coefficient (Wildman–Crippen LogP) is 2.04. The van der Waals surface area contributed by atoms with Crippen LogP contribution in [-0.2, 0) is 9.53 Å². The van der Waals surface area contributed by atoms with E-state index in [0.29, 0.717) is 30.0 Å². The molecular weight excluding hydrogens is 242 g/mol. The summed E-state index contributed by atoms with van der Waals surface area (Å²) in [6, 6.07) is 8.79. The number of carbonyl (C=O) groups is 1. The number of carbonyl (C=O) groups excluding carboxylic acids is 1. The number of nitrogens with zero attached hydrogens (tertiary/aromatic N) is 2. The van der Waals surface area contributed by atoms with Crippen molar-refractivity contribution in [2.24, 2.45) is 5.92 Å². The van der Waals surface area contributed by atoms with Crippen LogP contribution in [-0.4, -0.2) is 19.1 Å². The van der Waals surface area contributed by atoms with Crippen LogP contribution in [0, 0.1) is 28.6 Å². The number of ether oxygens (including phenoxy) is 1. The summed E-state index contributed by atoms with van der Waals surface area (Å²) in [6.45, 7) is 4.30. The van der Waals surface area contributed by atoms with E-state index in [-0.39, 0.29) is 11.9 Å². The molecule has 0 spiro atoms. The van der Waals surface area contributed by atoms with Gasteiger partial charge in [0.25, 0.3) is 0 Å². The van der Waals surface area contributed by atoms with Gasteiger partial charge in [0.15, 0.2) is 0 Å². The van der Waals surface area contributed by atoms with Crippen LogP contribution in [0.2, 0.25) is 0 Å². The molecule has 1 N–H and O–H groups in total. The Morgan fingerprint density at radius 1 is 1.37 bits per heavy atom. The van der Waals surface area contributed by atoms with Crippen molar-refractivity contribution in [1.29, 1.82) is 10.5 Å². The predicted molar refractivity (Wildman–Crippen MR) is 70.2 cm³/mol. The zero-order valence-electron chi connectivity index (χ0n) is 10.9. The lowest BCUT2D eigenvalue weighted by molar-refractivity contribution is -0.146. The van der Waals surface area contributed by atoms with Crippen LogP contribution in [0.4, 0.5) is 5.69 Å². The van der Waals surface area contributed by atoms with E-state index in [1.54, 1.807) is 32.0 Å². The third-order valence-electron chi connectivity index (χ3n) is 2.56. The molecule has 0 heterocycles. The number of nitrogens with one attached hydrogen (secondary N) is 1. The fourth-order valence-corrected chi connectivity index (χ4v) is 1.48. The molecule has 0 saturated carbocycles. The SMILES string of the molecule is CCOC(=O)C(C)CNc1ccc(C#N)c(C#N)c1. The minimum Gasteiger partial charge on any atom is -0.466 e. The molecule has 1 unspecified atom stereocenters. The van der Waals surface area contributed by atoms with Crippen LogP contribution >= 0.6 is 0 Å². The lowest BCUT2D eigenvalue weighted by atomic mass is 10.1. The van der Waals surface area contributed by atoms with Crippen LogP contribution in [0.25, 0.3) is 0 Å². The van der Waals surface area contributed by atoms with Crippen LogP contribution in [0.3, 0.4) is 0 Å². The molecule has 0 aliphatic carbocycles. The fraction of sp³-hybridized carbons (Fsp3) is 0.357. The Hall–Kier alpha value is -2.53. The number of hydrogen-bond acceptors (Lipinski definition) is 5. The minimum atomic E-state index is -0.277. The van der Waals surface area contributed by atoms with Gasteiger partial charge < -0.3 is 10.1 Å². The van der Waals surface area contributed by atoms with Crippen molar-refractivity contribution in [3.05, 3.63) is 29.3 Å². The van der Waals surface area contributed by atoms with Crippen LogP contribution < -0.4 is 5.32 Å². The Kier molecular flexibility index (Phi) is 5.37. The summed E-state index contributed by atoms with van der Waals surface area (Å²) in [6.07, 6.45) is 0. The molecule has 1 aromatic rings. The Morgan fingerprint density at radius 2 is 2.05 bits per heavy atom. The molecule has 0 saturated heterocycles. The third kappa shape index (κ3) is 4.01. The summed E-state index contributed by atoms with van der Waals surface area (Å²) < 4.78 is 4.90. The summed E-state index contributed by atoms with van der Waals surface area (Å²) >= 11 is 0. The van der Waals surface area contributed by atoms with Gasteiger partial charge in [-0.15, -0.1) is 0 Å². The van der Waals surface area contributed by atoms with E-state index in [1.165, 1.54) is 0 Å². The Morgan fingerprint density at radius 3 is 2.63 bits per heavy atom. The average Bonchev–Trinajstić information content (AvgIpc) is 2.44. The van der Waals surface area contributed by atoms with Gasteiger partial charge in [-0.3, -0.25) is 4.79 Å². The molecule has 0 bridgehead atoms. The number of anilines is 1. The highest BCUT2D eigenvalue weighted by Gasteiger charge is 2.13. The summed E-state index contributed by atoms with van der Waals surface area (Å²) in [7, 11) is 0. The topological polar surface area (TPSA) is 85.9 Å². The maximum Gasteiger partial charge on any atom is 0.310 e. The number of rotatable bonds is 5. The summed E-state index contributed by atoms with van der Waals surface area (Å²) in [5.41, 5.74) is 1.36. The number of hydrogen-bond donors (Lipinski definition) is 1. The second-order valence-corrected chi connectivity index (χ2v) is 4.02. The zero-order chi connectivity index (χ0) is 14.3. The quantitative estimate of drug-likeness (QED) is 0.816. The molecule has 98 valence electrons. The molecule has 0 amide bonds. The first-order chi connectivity index (χ1) is 9.12. The highest BCUT2D eigenvalue weighted by molar-refractivity contribution is 5.72. The summed E-state index contributed by atoms with van der Waals surface area (Å²) in [5, 5.41) is 20.8. The van der Waals surface area contributed by atoms with Gasteiger partial charge in [-0.05, 0) is 25.1 Å². The van der Waals surface area contributed by atoms with Gasteiger partial charge in [0, 0.05) is 12.2 Å². The van der Waals surface area contributed by atoms with E-state index in [9.17, 15) is 4.79 Å². The standard InChI is InChI=1S/C14H15N3O2/c1-3-19-14(18)10(2)9-17-13-5-4-11(7-15)12(6-13)8-16/h4-6,10,17H,3,9H2,1-2H3. The van der Waals surface area contributed by atoms with E-state index in [1.807, 2.05) is 12.1 Å². The van der Waals surface area contributed by atoms with Crippen molar-refractivity contribution >= 4 is 11.7 Å². The van der Waals surface area contributed by atoms with Crippen molar-refractivity contribution in [2.45, 2.75) is 13.8 Å². The van der Waals surface area contributed by atoms with Gasteiger partial charge in [0.1, 0.15) is 12.1 Å². The summed E-state index contributed by atoms with van der Waals surface area (Å²) in [4.78, 5) is 11.4. The molecule has 0 fully saturated rings. The largest absolute Gasteiger partial charge is 0.466 e. The second kappa shape index (κ2) is 7.03. The van der Waals surface area contributed by atoms with Gasteiger partial charge in [0.05, 0.1) is 23.7 Å². The normalized spacial score (nSPS) is 10.9. The van der Waals surface area contributed by atoms with E-state index in [4.69, 9.17) is 15.3 Å². The molecule has 0 aliphatic heterocycles. The molecule has 1 atom stereocenters. The first-order valence-electron chi connectivity index (χ1n) is 5.97. The number of benzene rings is 1. The Labute approximate surface area is 112 Å². The first kappa shape index (κ1) is 14.5. The molecular formula is C14H15N3O2. The maximum absolute atomic E-state index is 11.4. The highest BCUT2D eigenvalue weighted by atomic mass is 16.5. The highest BCUT2D eigenvalue weighted by Crippen LogP contribution is 2.15. The van der Waals surface area contributed by atoms with Gasteiger partial charge in [-0.1, -0.05) is 6.92 Å². The number of nitriles is 2. The Bertz CT molecular complexity index is 541. The van der Waals surface area contributed by atoms with Crippen LogP contribution in [0.1, 0.15) is 25.0 Å². The zero-order valence-corrected chi connectivity index (χ0v) is 10.9. The number of esters is 1.